The van der Waals surface area contributed by atoms with Crippen molar-refractivity contribution in [2.75, 3.05) is 12.0 Å². The van der Waals surface area contributed by atoms with Gasteiger partial charge in [0, 0.05) is 12.8 Å². The van der Waals surface area contributed by atoms with Gasteiger partial charge in [-0.1, -0.05) is 60.7 Å². The van der Waals surface area contributed by atoms with E-state index in [0.29, 0.717) is 6.54 Å². The lowest BCUT2D eigenvalue weighted by molar-refractivity contribution is -0.124. The number of hydrogen-bond acceptors (Lipinski definition) is 4. The van der Waals surface area contributed by atoms with Crippen LogP contribution in [0.15, 0.2) is 60.7 Å². The third-order valence-corrected chi connectivity index (χ3v) is 4.54. The summed E-state index contributed by atoms with van der Waals surface area (Å²) in [5, 5.41) is 2.80. The van der Waals surface area contributed by atoms with E-state index in [1.807, 2.05) is 60.7 Å². The van der Waals surface area contributed by atoms with Gasteiger partial charge in [0.2, 0.25) is 5.91 Å². The van der Waals surface area contributed by atoms with Gasteiger partial charge >= 0.3 is 0 Å². The molecular weight excluding hydrogens is 338 g/mol. The number of ether oxygens (including phenoxy) is 1. The zero-order chi connectivity index (χ0) is 18.1. The van der Waals surface area contributed by atoms with Crippen LogP contribution in [0.1, 0.15) is 17.5 Å². The van der Waals surface area contributed by atoms with Gasteiger partial charge in [-0.3, -0.25) is 4.79 Å². The van der Waals surface area contributed by atoms with E-state index in [0.717, 1.165) is 17.4 Å². The van der Waals surface area contributed by atoms with E-state index in [1.165, 1.54) is 0 Å². The van der Waals surface area contributed by atoms with E-state index >= 15 is 0 Å². The number of rotatable bonds is 9. The maximum Gasteiger partial charge on any atom is 0.222 e. The van der Waals surface area contributed by atoms with Crippen molar-refractivity contribution in [3.8, 4) is 0 Å². The van der Waals surface area contributed by atoms with Crippen molar-refractivity contribution in [1.82, 2.24) is 5.32 Å². The largest absolute Gasteiger partial charge is 0.372 e. The van der Waals surface area contributed by atoms with E-state index in [1.54, 1.807) is 0 Å². The Hall–Kier alpha value is -2.18. The van der Waals surface area contributed by atoms with E-state index in [4.69, 9.17) is 4.74 Å². The second-order valence-electron chi connectivity index (χ2n) is 5.98. The van der Waals surface area contributed by atoms with Crippen LogP contribution >= 0.6 is 0 Å². The number of nitrogens with one attached hydrogen (secondary N) is 1. The van der Waals surface area contributed by atoms with Gasteiger partial charge in [0.15, 0.2) is 0 Å². The summed E-state index contributed by atoms with van der Waals surface area (Å²) in [6, 6.07) is 19.0. The number of benzene rings is 2. The topological polar surface area (TPSA) is 72.5 Å². The SMILES string of the molecule is CS(=O)(=O)C[C@H](CC(=O)NCc1ccccc1)OCc1ccccc1. The Kier molecular flexibility index (Phi) is 7.16. The van der Waals surface area contributed by atoms with Crippen molar-refractivity contribution >= 4 is 15.7 Å². The van der Waals surface area contributed by atoms with Crippen LogP contribution in [-0.2, 0) is 32.5 Å². The Bertz CT molecular complexity index is 761. The minimum atomic E-state index is -3.25. The number of hydrogen-bond donors (Lipinski definition) is 1. The van der Waals surface area contributed by atoms with Gasteiger partial charge in [-0.2, -0.15) is 0 Å². The number of carbonyl (C=O) groups is 1. The maximum atomic E-state index is 12.1. The van der Waals surface area contributed by atoms with Gasteiger partial charge in [-0.15, -0.1) is 0 Å². The van der Waals surface area contributed by atoms with Crippen LogP contribution in [-0.4, -0.2) is 32.4 Å². The molecule has 1 amide bonds. The molecule has 134 valence electrons. The Morgan fingerprint density at radius 2 is 1.56 bits per heavy atom. The predicted octanol–water partition coefficient (Wildman–Crippen LogP) is 2.32. The van der Waals surface area contributed by atoms with Crippen molar-refractivity contribution in [2.24, 2.45) is 0 Å². The zero-order valence-corrected chi connectivity index (χ0v) is 15.0. The molecule has 0 aromatic heterocycles. The molecule has 0 aliphatic carbocycles. The molecule has 1 atom stereocenters. The molecule has 2 aromatic carbocycles. The Morgan fingerprint density at radius 1 is 1.00 bits per heavy atom. The summed E-state index contributed by atoms with van der Waals surface area (Å²) in [5.74, 6) is -0.413. The Morgan fingerprint density at radius 3 is 2.12 bits per heavy atom. The fourth-order valence-corrected chi connectivity index (χ4v) is 3.26. The molecule has 0 saturated carbocycles. The van der Waals surface area contributed by atoms with Crippen LogP contribution in [0.25, 0.3) is 0 Å². The van der Waals surface area contributed by atoms with Crippen molar-refractivity contribution in [1.29, 1.82) is 0 Å². The summed E-state index contributed by atoms with van der Waals surface area (Å²) in [6.45, 7) is 0.678. The van der Waals surface area contributed by atoms with E-state index in [2.05, 4.69) is 5.32 Å². The molecule has 2 aromatic rings. The molecule has 25 heavy (non-hydrogen) atoms. The maximum absolute atomic E-state index is 12.1. The lowest BCUT2D eigenvalue weighted by atomic mass is 10.2. The monoisotopic (exact) mass is 361 g/mol. The number of sulfone groups is 1. The zero-order valence-electron chi connectivity index (χ0n) is 14.2. The highest BCUT2D eigenvalue weighted by Gasteiger charge is 2.20. The van der Waals surface area contributed by atoms with E-state index in [9.17, 15) is 13.2 Å². The summed E-state index contributed by atoms with van der Waals surface area (Å²) < 4.78 is 28.9. The third kappa shape index (κ3) is 7.96. The van der Waals surface area contributed by atoms with Gasteiger partial charge in [0.05, 0.1) is 24.9 Å². The summed E-state index contributed by atoms with van der Waals surface area (Å²) in [4.78, 5) is 12.1. The van der Waals surface area contributed by atoms with Gasteiger partial charge in [0.25, 0.3) is 0 Å². The lowest BCUT2D eigenvalue weighted by Crippen LogP contribution is -2.32. The van der Waals surface area contributed by atoms with Crippen molar-refractivity contribution in [3.05, 3.63) is 71.8 Å². The smallest absolute Gasteiger partial charge is 0.222 e. The van der Waals surface area contributed by atoms with E-state index < -0.39 is 15.9 Å². The molecule has 5 nitrogen and oxygen atoms in total. The molecule has 1 N–H and O–H groups in total. The quantitative estimate of drug-likeness (QED) is 0.744. The van der Waals surface area contributed by atoms with Crippen LogP contribution in [0.5, 0.6) is 0 Å². The predicted molar refractivity (Wildman–Crippen MR) is 97.6 cm³/mol. The third-order valence-electron chi connectivity index (χ3n) is 3.56. The second-order valence-corrected chi connectivity index (χ2v) is 8.16. The minimum absolute atomic E-state index is 0.00668. The van der Waals surface area contributed by atoms with Crippen LogP contribution in [0, 0.1) is 0 Å². The molecule has 0 heterocycles. The average Bonchev–Trinajstić information content (AvgIpc) is 2.58. The fraction of sp³-hybridized carbons (Fsp3) is 0.316. The lowest BCUT2D eigenvalue weighted by Gasteiger charge is -2.17. The van der Waals surface area contributed by atoms with Crippen LogP contribution in [0.3, 0.4) is 0 Å². The van der Waals surface area contributed by atoms with Gasteiger partial charge < -0.3 is 10.1 Å². The Labute approximate surface area is 148 Å². The van der Waals surface area contributed by atoms with Crippen LogP contribution in [0.2, 0.25) is 0 Å². The summed E-state index contributed by atoms with van der Waals surface area (Å²) in [7, 11) is -3.25. The minimum Gasteiger partial charge on any atom is -0.372 e. The highest BCUT2D eigenvalue weighted by molar-refractivity contribution is 7.90. The van der Waals surface area contributed by atoms with Gasteiger partial charge in [-0.25, -0.2) is 8.42 Å². The normalized spacial score (nSPS) is 12.5. The Balaban J connectivity index is 1.89. The number of amides is 1. The molecule has 0 aliphatic heterocycles. The first-order valence-electron chi connectivity index (χ1n) is 8.06. The average molecular weight is 361 g/mol. The molecule has 0 spiro atoms. The van der Waals surface area contributed by atoms with Crippen LogP contribution < -0.4 is 5.32 Å². The number of carbonyl (C=O) groups excluding carboxylic acids is 1. The molecule has 0 saturated heterocycles. The first-order chi connectivity index (χ1) is 11.9. The summed E-state index contributed by atoms with van der Waals surface area (Å²) >= 11 is 0. The van der Waals surface area contributed by atoms with Gasteiger partial charge in [0.1, 0.15) is 9.84 Å². The highest BCUT2D eigenvalue weighted by Crippen LogP contribution is 2.09. The van der Waals surface area contributed by atoms with Crippen molar-refractivity contribution in [3.63, 3.8) is 0 Å². The van der Waals surface area contributed by atoms with Crippen LogP contribution in [0.4, 0.5) is 0 Å². The standard InChI is InChI=1S/C19H23NO4S/c1-25(22,23)15-18(24-14-17-10-6-3-7-11-17)12-19(21)20-13-16-8-4-2-5-9-16/h2-11,18H,12-15H2,1H3,(H,20,21)/t18-/m0/s1. The van der Waals surface area contributed by atoms with Crippen molar-refractivity contribution < 1.29 is 17.9 Å². The van der Waals surface area contributed by atoms with E-state index in [-0.39, 0.29) is 24.7 Å². The first kappa shape index (κ1) is 19.1. The molecule has 0 unspecified atom stereocenters. The highest BCUT2D eigenvalue weighted by atomic mass is 32.2. The molecule has 0 fully saturated rings. The fourth-order valence-electron chi connectivity index (χ4n) is 2.37. The summed E-state index contributed by atoms with van der Waals surface area (Å²) in [5.41, 5.74) is 1.92. The molecule has 2 rings (SSSR count). The molecule has 6 heteroatoms. The molecule has 0 radical (unpaired) electrons. The molecule has 0 aliphatic rings. The summed E-state index contributed by atoms with van der Waals surface area (Å²) in [6.07, 6.45) is 0.478. The first-order valence-corrected chi connectivity index (χ1v) is 10.1. The second kappa shape index (κ2) is 9.34. The molecule has 0 bridgehead atoms. The van der Waals surface area contributed by atoms with Gasteiger partial charge in [-0.05, 0) is 11.1 Å². The van der Waals surface area contributed by atoms with Crippen molar-refractivity contribution in [2.45, 2.75) is 25.7 Å². The molecular formula is C19H23NO4S.